The van der Waals surface area contributed by atoms with Crippen molar-refractivity contribution in [3.05, 3.63) is 42.1 Å². The first-order chi connectivity index (χ1) is 28.4. The van der Waals surface area contributed by atoms with Crippen molar-refractivity contribution in [3.63, 3.8) is 0 Å². The predicted octanol–water partition coefficient (Wildman–Crippen LogP) is 4.41. The molecule has 2 N–H and O–H groups in total. The van der Waals surface area contributed by atoms with Gasteiger partial charge in [0, 0.05) is 31.8 Å². The van der Waals surface area contributed by atoms with E-state index in [1.165, 1.54) is 24.8 Å². The second kappa shape index (κ2) is 20.1. The molecule has 0 saturated carbocycles. The summed E-state index contributed by atoms with van der Waals surface area (Å²) < 4.78 is 34.9. The zero-order valence-electron chi connectivity index (χ0n) is 37.2. The van der Waals surface area contributed by atoms with Gasteiger partial charge in [0.1, 0.15) is 41.8 Å². The van der Waals surface area contributed by atoms with Crippen molar-refractivity contribution in [1.29, 1.82) is 0 Å². The highest BCUT2D eigenvalue weighted by molar-refractivity contribution is 7.51. The van der Waals surface area contributed by atoms with Crippen LogP contribution in [-0.4, -0.2) is 158 Å². The van der Waals surface area contributed by atoms with Crippen LogP contribution in [0.3, 0.4) is 0 Å². The number of amides is 3. The summed E-state index contributed by atoms with van der Waals surface area (Å²) in [7, 11) is -3.61. The van der Waals surface area contributed by atoms with E-state index >= 15 is 9.59 Å². The van der Waals surface area contributed by atoms with E-state index < -0.39 is 77.4 Å². The van der Waals surface area contributed by atoms with E-state index in [4.69, 9.17) is 23.9 Å². The number of unbranched alkanes of at least 4 members (excludes halogenated alkanes) is 1. The Bertz CT molecular complexity index is 1920. The fourth-order valence-corrected chi connectivity index (χ4v) is 8.15. The summed E-state index contributed by atoms with van der Waals surface area (Å²) in [5.74, 6) is -3.23. The van der Waals surface area contributed by atoms with Crippen LogP contribution in [0.15, 0.2) is 36.4 Å². The standard InChI is InChI=1S/C42H63N6O12P/c1-11-12-24-58-40(53)45-20-22-48(23-21-45,29(3)39(52)60-42(7,8)9)37(50)33(27-61(54,55)56)47(28(2)38(51)59-41(4,5)6)36(49)32-25-34(46-19-18-31(26-46)57-10)44-35(43-32)30-16-14-13-15-17-30/h13-17,25,28-29,31,33H,11-12,18-24,26-27H2,1-10H3,(H-,54,55,56)/p+1/t28?,29-,31-,33-/m0/s1. The summed E-state index contributed by atoms with van der Waals surface area (Å²) in [6, 6.07) is 5.31. The molecular formula is C42H64N6O12P+. The molecule has 0 bridgehead atoms. The van der Waals surface area contributed by atoms with Crippen molar-refractivity contribution in [2.75, 3.05) is 64.0 Å². The van der Waals surface area contributed by atoms with E-state index in [0.717, 1.165) is 11.3 Å². The molecule has 1 unspecified atom stereocenters. The average Bonchev–Trinajstić information content (AvgIpc) is 3.68. The molecule has 3 amide bonds. The van der Waals surface area contributed by atoms with Crippen molar-refractivity contribution >= 4 is 43.3 Å². The lowest BCUT2D eigenvalue weighted by atomic mass is 10.0. The number of rotatable bonds is 15. The number of carbonyl (C=O) groups is 5. The minimum Gasteiger partial charge on any atom is -0.458 e. The van der Waals surface area contributed by atoms with Crippen LogP contribution in [0.4, 0.5) is 10.6 Å². The number of hydrogen-bond acceptors (Lipinski definition) is 13. The molecule has 2 fully saturated rings. The van der Waals surface area contributed by atoms with Gasteiger partial charge in [-0.2, -0.15) is 0 Å². The van der Waals surface area contributed by atoms with Crippen molar-refractivity contribution < 1.29 is 61.8 Å². The minimum atomic E-state index is -5.21. The molecule has 2 aromatic rings. The lowest BCUT2D eigenvalue weighted by Crippen LogP contribution is -2.73. The summed E-state index contributed by atoms with van der Waals surface area (Å²) in [6.07, 6.45) is 0.158. The molecule has 0 spiro atoms. The quantitative estimate of drug-likeness (QED) is 0.0834. The van der Waals surface area contributed by atoms with Crippen molar-refractivity contribution in [1.82, 2.24) is 19.8 Å². The Hall–Kier alpha value is -4.48. The van der Waals surface area contributed by atoms with Crippen LogP contribution in [0.5, 0.6) is 0 Å². The molecule has 1 aromatic heterocycles. The van der Waals surface area contributed by atoms with Gasteiger partial charge in [0.2, 0.25) is 0 Å². The highest BCUT2D eigenvalue weighted by Crippen LogP contribution is 2.39. The molecule has 2 saturated heterocycles. The predicted molar refractivity (Wildman–Crippen MR) is 225 cm³/mol. The number of benzene rings is 1. The molecule has 2 aliphatic heterocycles. The molecule has 18 nitrogen and oxygen atoms in total. The van der Waals surface area contributed by atoms with Crippen LogP contribution in [0.2, 0.25) is 0 Å². The summed E-state index contributed by atoms with van der Waals surface area (Å²) >= 11 is 0. The Balaban J connectivity index is 1.94. The first kappa shape index (κ1) is 49.2. The number of hydrogen-bond donors (Lipinski definition) is 2. The van der Waals surface area contributed by atoms with Crippen LogP contribution in [-0.2, 0) is 37.9 Å². The van der Waals surface area contributed by atoms with Crippen LogP contribution in [0, 0.1) is 0 Å². The number of nitrogens with zero attached hydrogens (tertiary/aromatic N) is 6. The second-order valence-corrected chi connectivity index (χ2v) is 19.4. The van der Waals surface area contributed by atoms with E-state index in [1.54, 1.807) is 79.0 Å². The van der Waals surface area contributed by atoms with Gasteiger partial charge >= 0.3 is 31.5 Å². The summed E-state index contributed by atoms with van der Waals surface area (Å²) in [5, 5.41) is 0. The smallest absolute Gasteiger partial charge is 0.410 e. The third-order valence-electron chi connectivity index (χ3n) is 10.6. The van der Waals surface area contributed by atoms with Gasteiger partial charge in [0.05, 0.1) is 32.0 Å². The van der Waals surface area contributed by atoms with Gasteiger partial charge < -0.3 is 38.5 Å². The van der Waals surface area contributed by atoms with E-state index in [1.807, 2.05) is 11.8 Å². The van der Waals surface area contributed by atoms with Gasteiger partial charge in [-0.05, 0) is 68.2 Å². The van der Waals surface area contributed by atoms with Gasteiger partial charge in [-0.15, -0.1) is 0 Å². The number of esters is 2. The zero-order chi connectivity index (χ0) is 45.5. The molecular weight excluding hydrogens is 811 g/mol. The number of anilines is 1. The lowest BCUT2D eigenvalue weighted by molar-refractivity contribution is -0.874. The summed E-state index contributed by atoms with van der Waals surface area (Å²) in [4.78, 5) is 107. The highest BCUT2D eigenvalue weighted by atomic mass is 31.2. The third kappa shape index (κ3) is 13.0. The summed E-state index contributed by atoms with van der Waals surface area (Å²) in [6.45, 7) is 15.1. The highest BCUT2D eigenvalue weighted by Gasteiger charge is 2.56. The first-order valence-corrected chi connectivity index (χ1v) is 22.6. The van der Waals surface area contributed by atoms with Crippen molar-refractivity contribution in [3.8, 4) is 11.4 Å². The van der Waals surface area contributed by atoms with Gasteiger partial charge in [-0.25, -0.2) is 33.6 Å². The van der Waals surface area contributed by atoms with Gasteiger partial charge in [-0.3, -0.25) is 14.3 Å². The number of ether oxygens (including phenoxy) is 4. The average molecular weight is 876 g/mol. The van der Waals surface area contributed by atoms with E-state index in [0.29, 0.717) is 37.3 Å². The third-order valence-corrected chi connectivity index (χ3v) is 11.5. The van der Waals surface area contributed by atoms with Crippen LogP contribution in [0.1, 0.15) is 92.1 Å². The molecule has 3 heterocycles. The number of quaternary nitrogens is 1. The molecule has 4 atom stereocenters. The minimum absolute atomic E-state index is 0.0873. The van der Waals surface area contributed by atoms with Crippen molar-refractivity contribution in [2.45, 2.75) is 117 Å². The Kier molecular flexibility index (Phi) is 16.2. The normalized spacial score (nSPS) is 18.5. The Morgan fingerprint density at radius 3 is 2.08 bits per heavy atom. The van der Waals surface area contributed by atoms with Gasteiger partial charge in [-0.1, -0.05) is 43.7 Å². The summed E-state index contributed by atoms with van der Waals surface area (Å²) in [5.41, 5.74) is -1.77. The largest absolute Gasteiger partial charge is 0.458 e. The molecule has 338 valence electrons. The first-order valence-electron chi connectivity index (χ1n) is 20.8. The Labute approximate surface area is 358 Å². The maximum absolute atomic E-state index is 15.6. The van der Waals surface area contributed by atoms with E-state index in [-0.39, 0.29) is 50.4 Å². The number of methoxy groups -OCH3 is 1. The van der Waals surface area contributed by atoms with Gasteiger partial charge in [0.15, 0.2) is 17.9 Å². The SMILES string of the molecule is CCCCOC(=O)N1CC[N+](C(=O)[C@H](CP(=O)(O)O)N(C(=O)c2cc(N3CC[C@H](OC)C3)nc(-c3ccccc3)n2)C(C)C(=O)OC(C)(C)C)([C@@H](C)C(=O)OC(C)(C)C)CC1. The fraction of sp³-hybridized carbons (Fsp3) is 0.643. The van der Waals surface area contributed by atoms with Gasteiger partial charge in [0.25, 0.3) is 5.91 Å². The maximum Gasteiger partial charge on any atom is 0.410 e. The Morgan fingerprint density at radius 2 is 1.54 bits per heavy atom. The van der Waals surface area contributed by atoms with Crippen LogP contribution >= 0.6 is 7.60 Å². The molecule has 19 heteroatoms. The molecule has 4 rings (SSSR count). The molecule has 61 heavy (non-hydrogen) atoms. The fourth-order valence-electron chi connectivity index (χ4n) is 7.37. The monoisotopic (exact) mass is 875 g/mol. The van der Waals surface area contributed by atoms with Crippen LogP contribution in [0.25, 0.3) is 11.4 Å². The zero-order valence-corrected chi connectivity index (χ0v) is 38.1. The lowest BCUT2D eigenvalue weighted by Gasteiger charge is -2.48. The number of carbonyl (C=O) groups excluding carboxylic acids is 5. The number of aromatic nitrogens is 2. The molecule has 0 aliphatic carbocycles. The molecule has 2 aliphatic rings. The topological polar surface area (TPSA) is 215 Å². The van der Waals surface area contributed by atoms with E-state index in [9.17, 15) is 28.7 Å². The second-order valence-electron chi connectivity index (χ2n) is 17.7. The Morgan fingerprint density at radius 1 is 0.934 bits per heavy atom. The van der Waals surface area contributed by atoms with E-state index in [2.05, 4.69) is 4.98 Å². The maximum atomic E-state index is 15.6. The number of piperazine rings is 1. The molecule has 0 radical (unpaired) electrons. The molecule has 1 aromatic carbocycles. The van der Waals surface area contributed by atoms with Crippen LogP contribution < -0.4 is 4.90 Å². The van der Waals surface area contributed by atoms with Crippen molar-refractivity contribution in [2.24, 2.45) is 0 Å².